The van der Waals surface area contributed by atoms with Gasteiger partial charge in [-0.25, -0.2) is 0 Å². The van der Waals surface area contributed by atoms with Crippen LogP contribution in [0.4, 0.5) is 0 Å². The molecule has 2 atom stereocenters. The highest BCUT2D eigenvalue weighted by atomic mass is 79.9. The normalized spacial score (nSPS) is 34.1. The second kappa shape index (κ2) is 8.41. The topological polar surface area (TPSA) is 29.1 Å². The van der Waals surface area contributed by atoms with Crippen molar-refractivity contribution < 1.29 is 4.79 Å². The number of hydrogen-bond donors (Lipinski definition) is 1. The van der Waals surface area contributed by atoms with Crippen molar-refractivity contribution in [2.75, 3.05) is 6.54 Å². The van der Waals surface area contributed by atoms with Crippen molar-refractivity contribution in [3.63, 3.8) is 0 Å². The minimum Gasteiger partial charge on any atom is -0.356 e. The van der Waals surface area contributed by atoms with E-state index in [4.69, 9.17) is 0 Å². The number of halogens is 1. The van der Waals surface area contributed by atoms with E-state index in [0.29, 0.717) is 22.6 Å². The van der Waals surface area contributed by atoms with Gasteiger partial charge in [0.25, 0.3) is 0 Å². The van der Waals surface area contributed by atoms with E-state index in [-0.39, 0.29) is 0 Å². The fourth-order valence-corrected chi connectivity index (χ4v) is 4.59. The number of amides is 1. The number of carbonyl (C=O) groups excluding carboxylic acids is 1. The van der Waals surface area contributed by atoms with Gasteiger partial charge in [-0.05, 0) is 56.8 Å². The molecule has 2 aliphatic carbocycles. The Labute approximate surface area is 132 Å². The predicted octanol–water partition coefficient (Wildman–Crippen LogP) is 4.66. The Balaban J connectivity index is 1.62. The first-order valence-corrected chi connectivity index (χ1v) is 9.52. The van der Waals surface area contributed by atoms with Gasteiger partial charge in [0.1, 0.15) is 0 Å². The van der Waals surface area contributed by atoms with Crippen LogP contribution in [0.5, 0.6) is 0 Å². The van der Waals surface area contributed by atoms with Gasteiger partial charge < -0.3 is 5.32 Å². The van der Waals surface area contributed by atoms with Gasteiger partial charge in [-0.3, -0.25) is 4.79 Å². The lowest BCUT2D eigenvalue weighted by molar-refractivity contribution is -0.126. The highest BCUT2D eigenvalue weighted by Crippen LogP contribution is 2.33. The molecule has 0 saturated heterocycles. The summed E-state index contributed by atoms with van der Waals surface area (Å²) in [7, 11) is 0. The zero-order chi connectivity index (χ0) is 14.4. The molecule has 2 rings (SSSR count). The molecule has 2 saturated carbocycles. The molecule has 0 aliphatic heterocycles. The lowest BCUT2D eigenvalue weighted by Gasteiger charge is -2.28. The summed E-state index contributed by atoms with van der Waals surface area (Å²) in [5, 5.41) is 3.21. The molecular weight excluding hydrogens is 314 g/mol. The maximum absolute atomic E-state index is 12.2. The van der Waals surface area contributed by atoms with E-state index in [1.165, 1.54) is 51.4 Å². The van der Waals surface area contributed by atoms with Gasteiger partial charge in [-0.15, -0.1) is 0 Å². The molecule has 1 amide bonds. The summed E-state index contributed by atoms with van der Waals surface area (Å²) in [6.45, 7) is 3.16. The van der Waals surface area contributed by atoms with Gasteiger partial charge in [-0.1, -0.05) is 42.1 Å². The van der Waals surface area contributed by atoms with E-state index in [1.54, 1.807) is 0 Å². The van der Waals surface area contributed by atoms with Crippen LogP contribution in [-0.4, -0.2) is 17.3 Å². The van der Waals surface area contributed by atoms with Crippen LogP contribution >= 0.6 is 15.9 Å². The van der Waals surface area contributed by atoms with E-state index < -0.39 is 0 Å². The Kier molecular flexibility index (Phi) is 6.86. The summed E-state index contributed by atoms with van der Waals surface area (Å²) < 4.78 is 0. The average molecular weight is 344 g/mol. The fourth-order valence-electron chi connectivity index (χ4n) is 3.79. The van der Waals surface area contributed by atoms with Crippen molar-refractivity contribution in [1.29, 1.82) is 0 Å². The van der Waals surface area contributed by atoms with Crippen molar-refractivity contribution in [2.24, 2.45) is 17.8 Å². The van der Waals surface area contributed by atoms with Crippen LogP contribution in [0, 0.1) is 17.8 Å². The molecule has 116 valence electrons. The van der Waals surface area contributed by atoms with Crippen LogP contribution in [0.25, 0.3) is 0 Å². The van der Waals surface area contributed by atoms with E-state index in [2.05, 4.69) is 28.2 Å². The molecule has 1 N–H and O–H groups in total. The third-order valence-corrected chi connectivity index (χ3v) is 6.06. The molecule has 0 bridgehead atoms. The maximum Gasteiger partial charge on any atom is 0.223 e. The van der Waals surface area contributed by atoms with Crippen molar-refractivity contribution in [3.8, 4) is 0 Å². The summed E-state index contributed by atoms with van der Waals surface area (Å²) in [5.74, 6) is 2.22. The second-order valence-corrected chi connectivity index (χ2v) is 8.18. The van der Waals surface area contributed by atoms with E-state index in [1.807, 2.05) is 0 Å². The van der Waals surface area contributed by atoms with Gasteiger partial charge in [0, 0.05) is 17.3 Å². The minimum atomic E-state index is 0.300. The maximum atomic E-state index is 12.2. The summed E-state index contributed by atoms with van der Waals surface area (Å²) in [5.41, 5.74) is 0. The summed E-state index contributed by atoms with van der Waals surface area (Å²) in [4.78, 5) is 12.9. The highest BCUT2D eigenvalue weighted by molar-refractivity contribution is 9.09. The lowest BCUT2D eigenvalue weighted by atomic mass is 9.79. The second-order valence-electron chi connectivity index (χ2n) is 6.88. The number of rotatable bonds is 6. The van der Waals surface area contributed by atoms with Crippen LogP contribution in [0.15, 0.2) is 0 Å². The summed E-state index contributed by atoms with van der Waals surface area (Å²) in [6, 6.07) is 0. The largest absolute Gasteiger partial charge is 0.356 e. The van der Waals surface area contributed by atoms with Crippen LogP contribution in [0.3, 0.4) is 0 Å². The average Bonchev–Trinajstić information content (AvgIpc) is 2.89. The van der Waals surface area contributed by atoms with Gasteiger partial charge in [-0.2, -0.15) is 0 Å². The molecule has 2 nitrogen and oxygen atoms in total. The first-order chi connectivity index (χ1) is 9.69. The molecule has 3 heteroatoms. The molecule has 2 fully saturated rings. The van der Waals surface area contributed by atoms with Crippen LogP contribution in [0.1, 0.15) is 71.1 Å². The van der Waals surface area contributed by atoms with Gasteiger partial charge in [0.05, 0.1) is 0 Å². The number of nitrogens with one attached hydrogen (secondary N) is 1. The monoisotopic (exact) mass is 343 g/mol. The molecule has 0 spiro atoms. The first kappa shape index (κ1) is 16.3. The molecule has 0 aromatic rings. The zero-order valence-electron chi connectivity index (χ0n) is 12.9. The van der Waals surface area contributed by atoms with Crippen molar-refractivity contribution in [3.05, 3.63) is 0 Å². The quantitative estimate of drug-likeness (QED) is 0.698. The molecule has 0 radical (unpaired) electrons. The van der Waals surface area contributed by atoms with Crippen molar-refractivity contribution >= 4 is 21.8 Å². The van der Waals surface area contributed by atoms with E-state index in [0.717, 1.165) is 25.3 Å². The van der Waals surface area contributed by atoms with Crippen molar-refractivity contribution in [2.45, 2.75) is 76.0 Å². The minimum absolute atomic E-state index is 0.300. The lowest BCUT2D eigenvalue weighted by Crippen LogP contribution is -2.35. The van der Waals surface area contributed by atoms with Gasteiger partial charge >= 0.3 is 0 Å². The fraction of sp³-hybridized carbons (Fsp3) is 0.941. The molecule has 0 heterocycles. The Morgan fingerprint density at radius 3 is 2.40 bits per heavy atom. The third kappa shape index (κ3) is 5.05. The summed E-state index contributed by atoms with van der Waals surface area (Å²) >= 11 is 3.68. The Morgan fingerprint density at radius 2 is 1.80 bits per heavy atom. The van der Waals surface area contributed by atoms with E-state index >= 15 is 0 Å². The Morgan fingerprint density at radius 1 is 1.10 bits per heavy atom. The molecule has 2 aliphatic rings. The summed E-state index contributed by atoms with van der Waals surface area (Å²) in [6.07, 6.45) is 12.6. The van der Waals surface area contributed by atoms with Gasteiger partial charge in [0.2, 0.25) is 5.91 Å². The number of carbonyl (C=O) groups is 1. The number of unbranched alkanes of at least 4 members (excludes halogenated alkanes) is 1. The molecule has 0 aromatic heterocycles. The van der Waals surface area contributed by atoms with Crippen molar-refractivity contribution in [1.82, 2.24) is 5.32 Å². The van der Waals surface area contributed by atoms with E-state index in [9.17, 15) is 4.79 Å². The van der Waals surface area contributed by atoms with Crippen LogP contribution in [0.2, 0.25) is 0 Å². The smallest absolute Gasteiger partial charge is 0.223 e. The molecule has 2 unspecified atom stereocenters. The molecule has 0 aromatic carbocycles. The zero-order valence-corrected chi connectivity index (χ0v) is 14.5. The SMILES string of the molecule is CCCCC1CCC(C(=O)NCC2CCC(Br)C2)CC1. The van der Waals surface area contributed by atoms with Crippen LogP contribution < -0.4 is 5.32 Å². The highest BCUT2D eigenvalue weighted by Gasteiger charge is 2.27. The Bertz CT molecular complexity index is 299. The molecular formula is C17H30BrNO. The number of alkyl halides is 1. The first-order valence-electron chi connectivity index (χ1n) is 8.60. The number of hydrogen-bond acceptors (Lipinski definition) is 1. The Hall–Kier alpha value is -0.0500. The van der Waals surface area contributed by atoms with Gasteiger partial charge in [0.15, 0.2) is 0 Å². The predicted molar refractivity (Wildman–Crippen MR) is 88.0 cm³/mol. The van der Waals surface area contributed by atoms with Crippen LogP contribution in [-0.2, 0) is 4.79 Å². The molecule has 20 heavy (non-hydrogen) atoms. The standard InChI is InChI=1S/C17H30BrNO/c1-2-3-4-13-5-8-15(9-6-13)17(20)19-12-14-7-10-16(18)11-14/h13-16H,2-12H2,1H3,(H,19,20). The third-order valence-electron chi connectivity index (χ3n) is 5.23.